The Morgan fingerprint density at radius 2 is 1.92 bits per heavy atom. The van der Waals surface area contributed by atoms with Gasteiger partial charge in [-0.05, 0) is 49.3 Å². The van der Waals surface area contributed by atoms with E-state index in [9.17, 15) is 9.59 Å². The van der Waals surface area contributed by atoms with E-state index in [2.05, 4.69) is 10.6 Å². The summed E-state index contributed by atoms with van der Waals surface area (Å²) in [5.41, 5.74) is 6.94. The summed E-state index contributed by atoms with van der Waals surface area (Å²) in [6.07, 6.45) is 3.55. The highest BCUT2D eigenvalue weighted by Gasteiger charge is 2.23. The summed E-state index contributed by atoms with van der Waals surface area (Å²) in [5, 5.41) is 5.75. The van der Waals surface area contributed by atoms with Gasteiger partial charge in [-0.15, -0.1) is 0 Å². The number of rotatable bonds is 10. The van der Waals surface area contributed by atoms with Gasteiger partial charge in [0.2, 0.25) is 5.91 Å². The molecular formula is C19H29N3O3. The molecule has 0 unspecified atom stereocenters. The summed E-state index contributed by atoms with van der Waals surface area (Å²) in [7, 11) is 0. The van der Waals surface area contributed by atoms with Crippen LogP contribution in [0.3, 0.4) is 0 Å². The molecule has 138 valence electrons. The lowest BCUT2D eigenvalue weighted by Crippen LogP contribution is -2.42. The number of nitrogens with one attached hydrogen (secondary N) is 2. The molecule has 1 saturated carbocycles. The Balaban J connectivity index is 1.65. The molecule has 6 heteroatoms. The van der Waals surface area contributed by atoms with E-state index >= 15 is 0 Å². The van der Waals surface area contributed by atoms with Gasteiger partial charge in [-0.2, -0.15) is 0 Å². The summed E-state index contributed by atoms with van der Waals surface area (Å²) in [4.78, 5) is 23.4. The van der Waals surface area contributed by atoms with Crippen LogP contribution in [0.5, 0.6) is 5.75 Å². The quantitative estimate of drug-likeness (QED) is 0.596. The average Bonchev–Trinajstić information content (AvgIpc) is 3.37. The van der Waals surface area contributed by atoms with Crippen molar-refractivity contribution in [3.8, 4) is 5.75 Å². The van der Waals surface area contributed by atoms with Crippen molar-refractivity contribution in [2.45, 2.75) is 51.6 Å². The molecule has 2 amide bonds. The molecule has 2 rings (SSSR count). The van der Waals surface area contributed by atoms with E-state index in [1.165, 1.54) is 0 Å². The number of hydrogen-bond acceptors (Lipinski definition) is 4. The van der Waals surface area contributed by atoms with E-state index in [-0.39, 0.29) is 18.4 Å². The predicted octanol–water partition coefficient (Wildman–Crippen LogP) is 1.38. The van der Waals surface area contributed by atoms with E-state index in [4.69, 9.17) is 10.5 Å². The van der Waals surface area contributed by atoms with Crippen molar-refractivity contribution in [2.24, 2.45) is 11.7 Å². The van der Waals surface area contributed by atoms with Crippen molar-refractivity contribution in [2.75, 3.05) is 13.2 Å². The molecule has 1 aliphatic carbocycles. The zero-order valence-electron chi connectivity index (χ0n) is 15.1. The fraction of sp³-hybridized carbons (Fsp3) is 0.579. The van der Waals surface area contributed by atoms with Crippen LogP contribution in [0.2, 0.25) is 0 Å². The normalized spacial score (nSPS) is 14.9. The number of ether oxygens (including phenoxy) is 1. The minimum atomic E-state index is -0.447. The molecule has 0 bridgehead atoms. The Morgan fingerprint density at radius 1 is 1.24 bits per heavy atom. The third-order valence-corrected chi connectivity index (χ3v) is 4.01. The fourth-order valence-electron chi connectivity index (χ4n) is 2.47. The molecule has 0 heterocycles. The third-order valence-electron chi connectivity index (χ3n) is 4.01. The maximum Gasteiger partial charge on any atom is 0.258 e. The number of benzene rings is 1. The monoisotopic (exact) mass is 347 g/mol. The Morgan fingerprint density at radius 3 is 2.52 bits per heavy atom. The summed E-state index contributed by atoms with van der Waals surface area (Å²) in [6, 6.07) is 7.46. The van der Waals surface area contributed by atoms with Crippen molar-refractivity contribution in [1.82, 2.24) is 10.6 Å². The lowest BCUT2D eigenvalue weighted by molar-refractivity contribution is -0.123. The van der Waals surface area contributed by atoms with Crippen molar-refractivity contribution < 1.29 is 14.3 Å². The summed E-state index contributed by atoms with van der Waals surface area (Å²) in [5.74, 6) is 0.889. The molecule has 6 nitrogen and oxygen atoms in total. The van der Waals surface area contributed by atoms with Gasteiger partial charge in [0.25, 0.3) is 5.91 Å². The molecule has 1 fully saturated rings. The lowest BCUT2D eigenvalue weighted by atomic mass is 10.0. The molecule has 1 aliphatic rings. The Hall–Kier alpha value is -2.08. The van der Waals surface area contributed by atoms with Gasteiger partial charge in [-0.3, -0.25) is 9.59 Å². The van der Waals surface area contributed by atoms with Gasteiger partial charge in [0.1, 0.15) is 5.75 Å². The van der Waals surface area contributed by atoms with E-state index in [1.807, 2.05) is 38.1 Å². The van der Waals surface area contributed by atoms with Gasteiger partial charge in [-0.1, -0.05) is 26.0 Å². The highest BCUT2D eigenvalue weighted by molar-refractivity contribution is 5.81. The molecule has 0 aliphatic heterocycles. The minimum absolute atomic E-state index is 0.0413. The second kappa shape index (κ2) is 9.42. The van der Waals surface area contributed by atoms with Gasteiger partial charge < -0.3 is 21.1 Å². The van der Waals surface area contributed by atoms with Crippen LogP contribution in [-0.2, 0) is 16.0 Å². The summed E-state index contributed by atoms with van der Waals surface area (Å²) in [6.45, 7) is 4.69. The second-order valence-corrected chi connectivity index (χ2v) is 7.05. The topological polar surface area (TPSA) is 93.5 Å². The van der Waals surface area contributed by atoms with Crippen LogP contribution >= 0.6 is 0 Å². The maximum atomic E-state index is 11.9. The first-order valence-corrected chi connectivity index (χ1v) is 8.98. The van der Waals surface area contributed by atoms with Crippen LogP contribution in [0.1, 0.15) is 38.7 Å². The molecule has 25 heavy (non-hydrogen) atoms. The number of carbonyl (C=O) groups excluding carboxylic acids is 2. The van der Waals surface area contributed by atoms with Crippen LogP contribution < -0.4 is 21.1 Å². The number of nitrogens with two attached hydrogens (primary N) is 1. The van der Waals surface area contributed by atoms with E-state index in [0.717, 1.165) is 24.8 Å². The second-order valence-electron chi connectivity index (χ2n) is 7.05. The SMILES string of the molecule is CC(C)C[C@H](N)C(=O)NCCc1ccc(OCC(=O)NC2CC2)cc1. The minimum Gasteiger partial charge on any atom is -0.484 e. The van der Waals surface area contributed by atoms with Gasteiger partial charge in [0.05, 0.1) is 6.04 Å². The van der Waals surface area contributed by atoms with Crippen molar-refractivity contribution in [3.63, 3.8) is 0 Å². The number of hydrogen-bond donors (Lipinski definition) is 3. The van der Waals surface area contributed by atoms with E-state index < -0.39 is 6.04 Å². The molecule has 0 radical (unpaired) electrons. The van der Waals surface area contributed by atoms with Gasteiger partial charge in [-0.25, -0.2) is 0 Å². The predicted molar refractivity (Wildman–Crippen MR) is 97.2 cm³/mol. The first-order chi connectivity index (χ1) is 11.9. The molecule has 0 spiro atoms. The highest BCUT2D eigenvalue weighted by Crippen LogP contribution is 2.18. The van der Waals surface area contributed by atoms with Crippen molar-refractivity contribution >= 4 is 11.8 Å². The summed E-state index contributed by atoms with van der Waals surface area (Å²) >= 11 is 0. The van der Waals surface area contributed by atoms with Gasteiger partial charge >= 0.3 is 0 Å². The highest BCUT2D eigenvalue weighted by atomic mass is 16.5. The van der Waals surface area contributed by atoms with Gasteiger partial charge in [0.15, 0.2) is 6.61 Å². The summed E-state index contributed by atoms with van der Waals surface area (Å²) < 4.78 is 5.46. The molecule has 0 aromatic heterocycles. The Bertz CT molecular complexity index is 568. The van der Waals surface area contributed by atoms with Crippen LogP contribution in [0.4, 0.5) is 0 Å². The molecule has 0 saturated heterocycles. The standard InChI is InChI=1S/C19H29N3O3/c1-13(2)11-17(20)19(24)21-10-9-14-3-7-16(8-4-14)25-12-18(23)22-15-5-6-15/h3-4,7-8,13,15,17H,5-6,9-12,20H2,1-2H3,(H,21,24)(H,22,23)/t17-/m0/s1. The molecule has 1 aromatic carbocycles. The average molecular weight is 347 g/mol. The molecule has 1 atom stereocenters. The zero-order chi connectivity index (χ0) is 18.2. The molecular weight excluding hydrogens is 318 g/mol. The first-order valence-electron chi connectivity index (χ1n) is 8.98. The number of carbonyl (C=O) groups is 2. The largest absolute Gasteiger partial charge is 0.484 e. The van der Waals surface area contributed by atoms with Crippen LogP contribution in [0.25, 0.3) is 0 Å². The van der Waals surface area contributed by atoms with E-state index in [0.29, 0.717) is 30.7 Å². The smallest absolute Gasteiger partial charge is 0.258 e. The van der Waals surface area contributed by atoms with Crippen LogP contribution in [-0.4, -0.2) is 37.0 Å². The zero-order valence-corrected chi connectivity index (χ0v) is 15.1. The third kappa shape index (κ3) is 7.56. The van der Waals surface area contributed by atoms with Crippen LogP contribution in [0, 0.1) is 5.92 Å². The Labute approximate surface area is 149 Å². The fourth-order valence-corrected chi connectivity index (χ4v) is 2.47. The van der Waals surface area contributed by atoms with E-state index in [1.54, 1.807) is 0 Å². The van der Waals surface area contributed by atoms with Crippen molar-refractivity contribution in [3.05, 3.63) is 29.8 Å². The lowest BCUT2D eigenvalue weighted by Gasteiger charge is -2.14. The van der Waals surface area contributed by atoms with Crippen LogP contribution in [0.15, 0.2) is 24.3 Å². The molecule has 4 N–H and O–H groups in total. The molecule has 1 aromatic rings. The number of amides is 2. The maximum absolute atomic E-state index is 11.9. The Kier molecular flexibility index (Phi) is 7.25. The first kappa shape index (κ1) is 19.2. The van der Waals surface area contributed by atoms with Crippen molar-refractivity contribution in [1.29, 1.82) is 0 Å². The van der Waals surface area contributed by atoms with Gasteiger partial charge in [0, 0.05) is 12.6 Å².